The first-order valence-corrected chi connectivity index (χ1v) is 7.81. The quantitative estimate of drug-likeness (QED) is 0.539. The molecule has 4 heteroatoms. The maximum atomic E-state index is 11.4. The molecule has 4 nitrogen and oxygen atoms in total. The minimum atomic E-state index is -1.00. The molecule has 3 atom stereocenters. The molecule has 2 aromatic rings. The molecule has 0 aromatic heterocycles. The molecule has 0 unspecified atom stereocenters. The number of ether oxygens (including phenoxy) is 2. The second-order valence-corrected chi connectivity index (χ2v) is 5.38. The lowest BCUT2D eigenvalue weighted by atomic mass is 10.1. The third-order valence-corrected chi connectivity index (χ3v) is 3.61. The van der Waals surface area contributed by atoms with E-state index in [9.17, 15) is 9.90 Å². The Labute approximate surface area is 142 Å². The zero-order valence-electron chi connectivity index (χ0n) is 13.5. The van der Waals surface area contributed by atoms with E-state index < -0.39 is 18.3 Å². The van der Waals surface area contributed by atoms with Crippen LogP contribution in [0, 0.1) is 0 Å². The van der Waals surface area contributed by atoms with Gasteiger partial charge in [-0.25, -0.2) is 0 Å². The Balaban J connectivity index is 2.00. The van der Waals surface area contributed by atoms with Crippen LogP contribution in [0.15, 0.2) is 73.3 Å². The van der Waals surface area contributed by atoms with Gasteiger partial charge in [0.2, 0.25) is 0 Å². The van der Waals surface area contributed by atoms with Crippen molar-refractivity contribution in [3.8, 4) is 0 Å². The van der Waals surface area contributed by atoms with Crippen molar-refractivity contribution in [1.82, 2.24) is 0 Å². The fourth-order valence-electron chi connectivity index (χ4n) is 2.27. The zero-order chi connectivity index (χ0) is 17.2. The molecule has 0 spiro atoms. The van der Waals surface area contributed by atoms with Gasteiger partial charge in [0, 0.05) is 0 Å². The van der Waals surface area contributed by atoms with Gasteiger partial charge in [-0.3, -0.25) is 0 Å². The number of hydrogen-bond acceptors (Lipinski definition) is 4. The van der Waals surface area contributed by atoms with Crippen molar-refractivity contribution in [3.05, 3.63) is 84.4 Å². The predicted octanol–water partition coefficient (Wildman–Crippen LogP) is 2.90. The molecular weight excluding hydrogens is 304 g/mol. The van der Waals surface area contributed by atoms with Crippen LogP contribution in [0.1, 0.15) is 11.1 Å². The normalized spacial score (nSPS) is 14.5. The highest BCUT2D eigenvalue weighted by molar-refractivity contribution is 5.57. The summed E-state index contributed by atoms with van der Waals surface area (Å²) in [5, 5.41) is 10.1. The molecule has 0 saturated carbocycles. The van der Waals surface area contributed by atoms with Crippen molar-refractivity contribution >= 4 is 6.29 Å². The van der Waals surface area contributed by atoms with Crippen LogP contribution < -0.4 is 0 Å². The summed E-state index contributed by atoms with van der Waals surface area (Å²) < 4.78 is 11.4. The molecule has 1 N–H and O–H groups in total. The van der Waals surface area contributed by atoms with E-state index in [0.29, 0.717) is 6.29 Å². The fraction of sp³-hybridized carbons (Fsp3) is 0.250. The van der Waals surface area contributed by atoms with E-state index in [0.717, 1.165) is 11.1 Å². The molecule has 126 valence electrons. The topological polar surface area (TPSA) is 55.8 Å². The van der Waals surface area contributed by atoms with E-state index in [1.165, 1.54) is 6.08 Å². The lowest BCUT2D eigenvalue weighted by Gasteiger charge is -2.26. The molecule has 0 saturated heterocycles. The molecule has 0 bridgehead atoms. The number of carbonyl (C=O) groups is 1. The van der Waals surface area contributed by atoms with Gasteiger partial charge in [-0.2, -0.15) is 0 Å². The van der Waals surface area contributed by atoms with Crippen LogP contribution in [-0.4, -0.2) is 29.7 Å². The zero-order valence-corrected chi connectivity index (χ0v) is 13.5. The van der Waals surface area contributed by atoms with Gasteiger partial charge in [0.1, 0.15) is 18.3 Å². The van der Waals surface area contributed by atoms with Gasteiger partial charge >= 0.3 is 0 Å². The van der Waals surface area contributed by atoms with E-state index >= 15 is 0 Å². The summed E-state index contributed by atoms with van der Waals surface area (Å²) in [6.07, 6.45) is -0.700. The highest BCUT2D eigenvalue weighted by Crippen LogP contribution is 2.14. The van der Waals surface area contributed by atoms with Crippen LogP contribution in [0.4, 0.5) is 0 Å². The van der Waals surface area contributed by atoms with Crippen molar-refractivity contribution in [2.75, 3.05) is 0 Å². The molecule has 0 aliphatic heterocycles. The van der Waals surface area contributed by atoms with Gasteiger partial charge in [-0.1, -0.05) is 66.7 Å². The summed E-state index contributed by atoms with van der Waals surface area (Å²) in [5.41, 5.74) is 1.89. The van der Waals surface area contributed by atoms with Crippen LogP contribution in [0.25, 0.3) is 0 Å². The monoisotopic (exact) mass is 326 g/mol. The number of aldehydes is 1. The van der Waals surface area contributed by atoms with E-state index in [1.54, 1.807) is 0 Å². The van der Waals surface area contributed by atoms with E-state index in [1.807, 2.05) is 60.7 Å². The summed E-state index contributed by atoms with van der Waals surface area (Å²) in [6, 6.07) is 19.1. The maximum absolute atomic E-state index is 11.4. The van der Waals surface area contributed by atoms with Crippen molar-refractivity contribution in [2.24, 2.45) is 0 Å². The largest absolute Gasteiger partial charge is 0.386 e. The number of benzene rings is 2. The molecule has 2 aromatic carbocycles. The first-order chi connectivity index (χ1) is 11.7. The van der Waals surface area contributed by atoms with Gasteiger partial charge < -0.3 is 19.4 Å². The van der Waals surface area contributed by atoms with Crippen LogP contribution >= 0.6 is 0 Å². The molecule has 0 aliphatic carbocycles. The Bertz CT molecular complexity index is 612. The van der Waals surface area contributed by atoms with Crippen molar-refractivity contribution in [2.45, 2.75) is 31.5 Å². The number of aliphatic hydroxyl groups excluding tert-OH is 1. The Morgan fingerprint density at radius 3 is 1.88 bits per heavy atom. The van der Waals surface area contributed by atoms with E-state index in [4.69, 9.17) is 9.47 Å². The van der Waals surface area contributed by atoms with Gasteiger partial charge in [-0.05, 0) is 11.1 Å². The van der Waals surface area contributed by atoms with Crippen LogP contribution in [0.5, 0.6) is 0 Å². The third kappa shape index (κ3) is 5.42. The lowest BCUT2D eigenvalue weighted by Crippen LogP contribution is -2.41. The average Bonchev–Trinajstić information content (AvgIpc) is 2.65. The average molecular weight is 326 g/mol. The third-order valence-electron chi connectivity index (χ3n) is 3.61. The van der Waals surface area contributed by atoms with E-state index in [-0.39, 0.29) is 13.2 Å². The standard InChI is InChI=1S/C20H22O4/c1-2-18(22)20(24-15-17-11-7-4-8-12-17)19(13-21)23-14-16-9-5-3-6-10-16/h2-13,18-20,22H,1,14-15H2/t18-,19+,20+/m1/s1. The smallest absolute Gasteiger partial charge is 0.151 e. The summed E-state index contributed by atoms with van der Waals surface area (Å²) in [4.78, 5) is 11.4. The SMILES string of the molecule is C=C[C@@H](O)[C@H](OCc1ccccc1)[C@H](C=O)OCc1ccccc1. The predicted molar refractivity (Wildman–Crippen MR) is 92.3 cm³/mol. The lowest BCUT2D eigenvalue weighted by molar-refractivity contribution is -0.143. The summed E-state index contributed by atoms with van der Waals surface area (Å²) in [6.45, 7) is 4.11. The number of rotatable bonds is 10. The van der Waals surface area contributed by atoms with Crippen LogP contribution in [-0.2, 0) is 27.5 Å². The Morgan fingerprint density at radius 1 is 0.917 bits per heavy atom. The molecule has 24 heavy (non-hydrogen) atoms. The Kier molecular flexibility index (Phi) is 7.36. The highest BCUT2D eigenvalue weighted by atomic mass is 16.5. The minimum Gasteiger partial charge on any atom is -0.386 e. The van der Waals surface area contributed by atoms with Crippen molar-refractivity contribution in [1.29, 1.82) is 0 Å². The Hall–Kier alpha value is -2.27. The maximum Gasteiger partial charge on any atom is 0.151 e. The minimum absolute atomic E-state index is 0.263. The van der Waals surface area contributed by atoms with E-state index in [2.05, 4.69) is 6.58 Å². The number of carbonyl (C=O) groups excluding carboxylic acids is 1. The number of hydrogen-bond donors (Lipinski definition) is 1. The van der Waals surface area contributed by atoms with Crippen molar-refractivity contribution < 1.29 is 19.4 Å². The highest BCUT2D eigenvalue weighted by Gasteiger charge is 2.28. The van der Waals surface area contributed by atoms with Gasteiger partial charge in [0.15, 0.2) is 6.29 Å². The summed E-state index contributed by atoms with van der Waals surface area (Å²) in [7, 11) is 0. The first kappa shape index (κ1) is 18.1. The van der Waals surface area contributed by atoms with Gasteiger partial charge in [0.25, 0.3) is 0 Å². The van der Waals surface area contributed by atoms with Crippen LogP contribution in [0.2, 0.25) is 0 Å². The molecule has 0 radical (unpaired) electrons. The number of aliphatic hydroxyl groups is 1. The van der Waals surface area contributed by atoms with Crippen molar-refractivity contribution in [3.63, 3.8) is 0 Å². The first-order valence-electron chi connectivity index (χ1n) is 7.81. The second kappa shape index (κ2) is 9.78. The Morgan fingerprint density at radius 2 is 1.42 bits per heavy atom. The molecular formula is C20H22O4. The molecule has 2 rings (SSSR count). The fourth-order valence-corrected chi connectivity index (χ4v) is 2.27. The van der Waals surface area contributed by atoms with Gasteiger partial charge in [-0.15, -0.1) is 6.58 Å². The molecule has 0 aliphatic rings. The second-order valence-electron chi connectivity index (χ2n) is 5.38. The molecule has 0 fully saturated rings. The van der Waals surface area contributed by atoms with Gasteiger partial charge in [0.05, 0.1) is 13.2 Å². The molecule has 0 amide bonds. The summed E-state index contributed by atoms with van der Waals surface area (Å²) in [5.74, 6) is 0. The molecule has 0 heterocycles. The van der Waals surface area contributed by atoms with Crippen LogP contribution in [0.3, 0.4) is 0 Å². The summed E-state index contributed by atoms with van der Waals surface area (Å²) >= 11 is 0.